The number of thioether (sulfide) groups is 1. The third-order valence-corrected chi connectivity index (χ3v) is 5.07. The van der Waals surface area contributed by atoms with Gasteiger partial charge in [-0.1, -0.05) is 35.3 Å². The second-order valence-electron chi connectivity index (χ2n) is 4.98. The van der Waals surface area contributed by atoms with E-state index in [4.69, 9.17) is 27.9 Å². The molecule has 0 radical (unpaired) electrons. The molecule has 25 heavy (non-hydrogen) atoms. The van der Waals surface area contributed by atoms with Crippen molar-refractivity contribution in [3.63, 3.8) is 0 Å². The molecule has 0 fully saturated rings. The Bertz CT molecular complexity index is 786. The van der Waals surface area contributed by atoms with Crippen LogP contribution in [0, 0.1) is 0 Å². The minimum absolute atomic E-state index is 0.263. The SMILES string of the molecule is COc1cc(Cl)ccc1C(=O)NNC(=O)C(C)Sc1ccccc1Cl. The fourth-order valence-corrected chi connectivity index (χ4v) is 3.24. The van der Waals surface area contributed by atoms with E-state index in [2.05, 4.69) is 10.9 Å². The third kappa shape index (κ3) is 5.29. The normalized spacial score (nSPS) is 11.5. The molecule has 0 heterocycles. The van der Waals surface area contributed by atoms with Crippen LogP contribution in [-0.2, 0) is 4.79 Å². The summed E-state index contributed by atoms with van der Waals surface area (Å²) in [6, 6.07) is 11.8. The van der Waals surface area contributed by atoms with Crippen LogP contribution in [0.25, 0.3) is 0 Å². The van der Waals surface area contributed by atoms with Gasteiger partial charge >= 0.3 is 0 Å². The molecule has 0 aliphatic rings. The molecular weight excluding hydrogens is 383 g/mol. The van der Waals surface area contributed by atoms with E-state index >= 15 is 0 Å². The van der Waals surface area contributed by atoms with Crippen molar-refractivity contribution in [3.8, 4) is 5.75 Å². The highest BCUT2D eigenvalue weighted by molar-refractivity contribution is 8.00. The molecule has 5 nitrogen and oxygen atoms in total. The molecular formula is C17H16Cl2N2O3S. The summed E-state index contributed by atoms with van der Waals surface area (Å²) in [5.74, 6) is -0.541. The van der Waals surface area contributed by atoms with Gasteiger partial charge in [-0.25, -0.2) is 0 Å². The number of nitrogens with one attached hydrogen (secondary N) is 2. The van der Waals surface area contributed by atoms with Gasteiger partial charge in [-0.2, -0.15) is 0 Å². The Balaban J connectivity index is 1.95. The van der Waals surface area contributed by atoms with Gasteiger partial charge in [0.2, 0.25) is 0 Å². The molecule has 0 aromatic heterocycles. The lowest BCUT2D eigenvalue weighted by atomic mass is 10.2. The second-order valence-corrected chi connectivity index (χ2v) is 7.20. The van der Waals surface area contributed by atoms with Gasteiger partial charge < -0.3 is 4.74 Å². The number of ether oxygens (including phenoxy) is 1. The van der Waals surface area contributed by atoms with Crippen LogP contribution in [0.2, 0.25) is 10.0 Å². The smallest absolute Gasteiger partial charge is 0.273 e. The van der Waals surface area contributed by atoms with E-state index < -0.39 is 11.2 Å². The Hall–Kier alpha value is -1.89. The van der Waals surface area contributed by atoms with Gasteiger partial charge in [0, 0.05) is 9.92 Å². The minimum atomic E-state index is -0.503. The zero-order chi connectivity index (χ0) is 18.4. The summed E-state index contributed by atoms with van der Waals surface area (Å²) in [7, 11) is 1.43. The zero-order valence-electron chi connectivity index (χ0n) is 13.5. The van der Waals surface area contributed by atoms with E-state index in [1.165, 1.54) is 31.0 Å². The summed E-state index contributed by atoms with van der Waals surface area (Å²) in [6.07, 6.45) is 0. The number of halogens is 2. The van der Waals surface area contributed by atoms with Crippen molar-refractivity contribution in [2.75, 3.05) is 7.11 Å². The van der Waals surface area contributed by atoms with Crippen molar-refractivity contribution in [1.29, 1.82) is 0 Å². The summed E-state index contributed by atoms with van der Waals surface area (Å²) in [4.78, 5) is 25.1. The fraction of sp³-hybridized carbons (Fsp3) is 0.176. The maximum Gasteiger partial charge on any atom is 0.273 e. The minimum Gasteiger partial charge on any atom is -0.496 e. The number of rotatable bonds is 5. The van der Waals surface area contributed by atoms with Crippen molar-refractivity contribution < 1.29 is 14.3 Å². The van der Waals surface area contributed by atoms with Gasteiger partial charge in [-0.05, 0) is 37.3 Å². The number of hydrogen-bond acceptors (Lipinski definition) is 4. The lowest BCUT2D eigenvalue weighted by molar-refractivity contribution is -0.121. The lowest BCUT2D eigenvalue weighted by Gasteiger charge is -2.14. The molecule has 2 aromatic carbocycles. The molecule has 0 saturated carbocycles. The predicted octanol–water partition coefficient (Wildman–Crippen LogP) is 3.94. The predicted molar refractivity (Wildman–Crippen MR) is 100 cm³/mol. The van der Waals surface area contributed by atoms with Crippen molar-refractivity contribution in [2.24, 2.45) is 0 Å². The van der Waals surface area contributed by atoms with Crippen LogP contribution in [0.1, 0.15) is 17.3 Å². The molecule has 8 heteroatoms. The van der Waals surface area contributed by atoms with Gasteiger partial charge in [-0.3, -0.25) is 20.4 Å². The van der Waals surface area contributed by atoms with Gasteiger partial charge in [0.25, 0.3) is 11.8 Å². The summed E-state index contributed by atoms with van der Waals surface area (Å²) in [5, 5.41) is 0.566. The molecule has 0 aliphatic heterocycles. The Morgan fingerprint density at radius 2 is 1.84 bits per heavy atom. The summed E-state index contributed by atoms with van der Waals surface area (Å²) < 4.78 is 5.12. The average Bonchev–Trinajstić information content (AvgIpc) is 2.61. The van der Waals surface area contributed by atoms with Crippen LogP contribution in [0.5, 0.6) is 5.75 Å². The molecule has 2 rings (SSSR count). The van der Waals surface area contributed by atoms with Gasteiger partial charge in [0.15, 0.2) is 0 Å². The van der Waals surface area contributed by atoms with Crippen molar-refractivity contribution in [1.82, 2.24) is 10.9 Å². The second kappa shape index (κ2) is 8.99. The molecule has 0 aliphatic carbocycles. The topological polar surface area (TPSA) is 67.4 Å². The summed E-state index contributed by atoms with van der Waals surface area (Å²) >= 11 is 13.2. The molecule has 2 aromatic rings. The maximum absolute atomic E-state index is 12.2. The van der Waals surface area contributed by atoms with Crippen molar-refractivity contribution in [3.05, 3.63) is 58.1 Å². The molecule has 0 spiro atoms. The quantitative estimate of drug-likeness (QED) is 0.590. The first-order chi connectivity index (χ1) is 11.9. The Morgan fingerprint density at radius 1 is 1.12 bits per heavy atom. The highest BCUT2D eigenvalue weighted by Crippen LogP contribution is 2.30. The molecule has 0 saturated heterocycles. The number of carbonyl (C=O) groups excluding carboxylic acids is 2. The Morgan fingerprint density at radius 3 is 2.52 bits per heavy atom. The molecule has 2 amide bonds. The van der Waals surface area contributed by atoms with Gasteiger partial charge in [0.1, 0.15) is 5.75 Å². The van der Waals surface area contributed by atoms with Crippen LogP contribution in [0.4, 0.5) is 0 Å². The first-order valence-corrected chi connectivity index (χ1v) is 8.91. The number of benzene rings is 2. The molecule has 2 N–H and O–H groups in total. The van der Waals surface area contributed by atoms with E-state index in [0.717, 1.165) is 4.90 Å². The highest BCUT2D eigenvalue weighted by atomic mass is 35.5. The standard InChI is InChI=1S/C17H16Cl2N2O3S/c1-10(25-15-6-4-3-5-13(15)19)16(22)20-21-17(23)12-8-7-11(18)9-14(12)24-2/h3-10H,1-2H3,(H,20,22)(H,21,23). The fourth-order valence-electron chi connectivity index (χ4n) is 1.92. The highest BCUT2D eigenvalue weighted by Gasteiger charge is 2.18. The van der Waals surface area contributed by atoms with E-state index in [1.54, 1.807) is 19.1 Å². The molecule has 1 atom stereocenters. The van der Waals surface area contributed by atoms with E-state index in [0.29, 0.717) is 15.8 Å². The van der Waals surface area contributed by atoms with Crippen LogP contribution in [-0.4, -0.2) is 24.2 Å². The van der Waals surface area contributed by atoms with E-state index in [9.17, 15) is 9.59 Å². The number of carbonyl (C=O) groups is 2. The first-order valence-electron chi connectivity index (χ1n) is 7.27. The number of methoxy groups -OCH3 is 1. The zero-order valence-corrected chi connectivity index (χ0v) is 15.8. The summed E-state index contributed by atoms with van der Waals surface area (Å²) in [6.45, 7) is 1.72. The van der Waals surface area contributed by atoms with Crippen molar-refractivity contribution >= 4 is 46.8 Å². The van der Waals surface area contributed by atoms with Gasteiger partial charge in [-0.15, -0.1) is 11.8 Å². The van der Waals surface area contributed by atoms with E-state index in [-0.39, 0.29) is 11.5 Å². The molecule has 1 unspecified atom stereocenters. The van der Waals surface area contributed by atoms with Crippen LogP contribution >= 0.6 is 35.0 Å². The number of hydrazine groups is 1. The van der Waals surface area contributed by atoms with Gasteiger partial charge in [0.05, 0.1) is 22.9 Å². The van der Waals surface area contributed by atoms with Crippen LogP contribution < -0.4 is 15.6 Å². The monoisotopic (exact) mass is 398 g/mol. The Kier molecular flexibility index (Phi) is 6.99. The summed E-state index contributed by atoms with van der Waals surface area (Å²) in [5.41, 5.74) is 5.02. The van der Waals surface area contributed by atoms with Crippen molar-refractivity contribution in [2.45, 2.75) is 17.1 Å². The first kappa shape index (κ1) is 19.4. The number of amides is 2. The molecule has 0 bridgehead atoms. The third-order valence-electron chi connectivity index (χ3n) is 3.22. The number of hydrogen-bond donors (Lipinski definition) is 2. The maximum atomic E-state index is 12.2. The average molecular weight is 399 g/mol. The van der Waals surface area contributed by atoms with Crippen LogP contribution in [0.3, 0.4) is 0 Å². The largest absolute Gasteiger partial charge is 0.496 e. The lowest BCUT2D eigenvalue weighted by Crippen LogP contribution is -2.45. The molecule has 132 valence electrons. The van der Waals surface area contributed by atoms with Crippen LogP contribution in [0.15, 0.2) is 47.4 Å². The Labute approximate surface area is 160 Å². The van der Waals surface area contributed by atoms with E-state index in [1.807, 2.05) is 18.2 Å².